The van der Waals surface area contributed by atoms with Crippen LogP contribution in [-0.4, -0.2) is 44.3 Å². The molecule has 1 N–H and O–H groups in total. The van der Waals surface area contributed by atoms with Crippen molar-refractivity contribution in [2.45, 2.75) is 57.5 Å². The number of unbranched alkanes of at least 4 members (excludes halogenated alkanes) is 1. The maximum Gasteiger partial charge on any atom is 0.264 e. The fourth-order valence-corrected chi connectivity index (χ4v) is 7.25. The van der Waals surface area contributed by atoms with Crippen molar-refractivity contribution in [3.8, 4) is 0 Å². The molecule has 242 valence electrons. The van der Waals surface area contributed by atoms with E-state index in [1.807, 2.05) is 50.2 Å². The maximum atomic E-state index is 14.6. The number of halogens is 2. The number of anilines is 1. The predicted molar refractivity (Wildman–Crippen MR) is 186 cm³/mol. The van der Waals surface area contributed by atoms with Gasteiger partial charge in [-0.2, -0.15) is 0 Å². The molecule has 0 saturated heterocycles. The number of hydrogen-bond donors (Lipinski definition) is 1. The van der Waals surface area contributed by atoms with Crippen LogP contribution in [0.25, 0.3) is 0 Å². The Bertz CT molecular complexity index is 1730. The SMILES string of the molecule is CCCCNC(=O)C(Cc1ccccc1)N(Cc1c(Cl)cccc1Cl)C(=O)CN(c1ccc(C)cc1C)S(=O)(=O)c1ccccc1. The summed E-state index contributed by atoms with van der Waals surface area (Å²) >= 11 is 13.2. The van der Waals surface area contributed by atoms with Crippen molar-refractivity contribution in [3.63, 3.8) is 0 Å². The van der Waals surface area contributed by atoms with Crippen molar-refractivity contribution in [1.82, 2.24) is 10.2 Å². The predicted octanol–water partition coefficient (Wildman–Crippen LogP) is 7.36. The van der Waals surface area contributed by atoms with Gasteiger partial charge < -0.3 is 10.2 Å². The third-order valence-corrected chi connectivity index (χ3v) is 10.2. The normalized spacial score (nSPS) is 11.9. The largest absolute Gasteiger partial charge is 0.354 e. The van der Waals surface area contributed by atoms with Crippen LogP contribution in [0.5, 0.6) is 0 Å². The summed E-state index contributed by atoms with van der Waals surface area (Å²) in [6.07, 6.45) is 1.84. The quantitative estimate of drug-likeness (QED) is 0.141. The van der Waals surface area contributed by atoms with Gasteiger partial charge in [-0.3, -0.25) is 13.9 Å². The van der Waals surface area contributed by atoms with Crippen molar-refractivity contribution in [2.24, 2.45) is 0 Å². The molecule has 7 nitrogen and oxygen atoms in total. The summed E-state index contributed by atoms with van der Waals surface area (Å²) in [5.41, 5.74) is 3.30. The summed E-state index contributed by atoms with van der Waals surface area (Å²) in [6.45, 7) is 5.52. The Morgan fingerprint density at radius 2 is 1.48 bits per heavy atom. The van der Waals surface area contributed by atoms with Crippen LogP contribution in [0.1, 0.15) is 42.0 Å². The van der Waals surface area contributed by atoms with Gasteiger partial charge in [0.15, 0.2) is 0 Å². The molecular weight excluding hydrogens is 641 g/mol. The molecule has 0 bridgehead atoms. The van der Waals surface area contributed by atoms with E-state index in [0.717, 1.165) is 28.3 Å². The Balaban J connectivity index is 1.84. The Morgan fingerprint density at radius 3 is 2.09 bits per heavy atom. The van der Waals surface area contributed by atoms with Crippen LogP contribution < -0.4 is 9.62 Å². The molecule has 0 aliphatic heterocycles. The van der Waals surface area contributed by atoms with Gasteiger partial charge >= 0.3 is 0 Å². The van der Waals surface area contributed by atoms with E-state index in [9.17, 15) is 18.0 Å². The zero-order valence-corrected chi connectivity index (χ0v) is 28.6. The molecule has 0 aliphatic carbocycles. The highest BCUT2D eigenvalue weighted by Gasteiger charge is 2.35. The lowest BCUT2D eigenvalue weighted by molar-refractivity contribution is -0.140. The minimum absolute atomic E-state index is 0.0432. The summed E-state index contributed by atoms with van der Waals surface area (Å²) in [5.74, 6) is -0.931. The summed E-state index contributed by atoms with van der Waals surface area (Å²) in [5, 5.41) is 3.64. The molecule has 0 fully saturated rings. The third-order valence-electron chi connectivity index (χ3n) is 7.72. The zero-order valence-electron chi connectivity index (χ0n) is 26.2. The van der Waals surface area contributed by atoms with Crippen molar-refractivity contribution in [1.29, 1.82) is 0 Å². The van der Waals surface area contributed by atoms with Crippen LogP contribution in [0.3, 0.4) is 0 Å². The van der Waals surface area contributed by atoms with Gasteiger partial charge in [0.05, 0.1) is 10.6 Å². The molecule has 1 unspecified atom stereocenters. The standard InChI is InChI=1S/C36H39Cl2N3O4S/c1-4-5-21-39-36(43)34(23-28-13-8-6-9-14-28)40(24-30-31(37)17-12-18-32(30)38)35(42)25-41(33-20-19-26(2)22-27(33)3)46(44,45)29-15-10-7-11-16-29/h6-20,22,34H,4-5,21,23-25H2,1-3H3,(H,39,43). The van der Waals surface area contributed by atoms with Gasteiger partial charge in [0.1, 0.15) is 12.6 Å². The third kappa shape index (κ3) is 8.69. The highest BCUT2D eigenvalue weighted by atomic mass is 35.5. The Labute approximate surface area is 282 Å². The minimum Gasteiger partial charge on any atom is -0.354 e. The maximum absolute atomic E-state index is 14.6. The number of benzene rings is 4. The van der Waals surface area contributed by atoms with E-state index in [2.05, 4.69) is 5.32 Å². The first kappa shape index (κ1) is 35.0. The van der Waals surface area contributed by atoms with E-state index in [1.54, 1.807) is 55.5 Å². The first-order chi connectivity index (χ1) is 22.0. The second-order valence-corrected chi connectivity index (χ2v) is 13.9. The van der Waals surface area contributed by atoms with Crippen LogP contribution in [0.2, 0.25) is 10.0 Å². The molecular formula is C36H39Cl2N3O4S. The number of hydrogen-bond acceptors (Lipinski definition) is 4. The molecule has 0 aliphatic rings. The van der Waals surface area contributed by atoms with Crippen molar-refractivity contribution >= 4 is 50.7 Å². The summed E-state index contributed by atoms with van der Waals surface area (Å²) in [7, 11) is -4.20. The number of rotatable bonds is 14. The van der Waals surface area contributed by atoms with Crippen LogP contribution in [0.15, 0.2) is 102 Å². The van der Waals surface area contributed by atoms with Gasteiger partial charge in [-0.25, -0.2) is 8.42 Å². The van der Waals surface area contributed by atoms with Crippen molar-refractivity contribution in [2.75, 3.05) is 17.4 Å². The second-order valence-electron chi connectivity index (χ2n) is 11.2. The van der Waals surface area contributed by atoms with Crippen LogP contribution in [-0.2, 0) is 32.6 Å². The van der Waals surface area contributed by atoms with E-state index >= 15 is 0 Å². The van der Waals surface area contributed by atoms with Gasteiger partial charge in [0.2, 0.25) is 11.8 Å². The Kier molecular flexibility index (Phi) is 12.3. The molecule has 46 heavy (non-hydrogen) atoms. The highest BCUT2D eigenvalue weighted by Crippen LogP contribution is 2.30. The molecule has 2 amide bonds. The smallest absolute Gasteiger partial charge is 0.264 e. The van der Waals surface area contributed by atoms with E-state index < -0.39 is 28.5 Å². The number of carbonyl (C=O) groups excluding carboxylic acids is 2. The molecule has 4 aromatic carbocycles. The molecule has 4 rings (SSSR count). The first-order valence-electron chi connectivity index (χ1n) is 15.2. The molecule has 1 atom stereocenters. The van der Waals surface area contributed by atoms with Gasteiger partial charge in [0.25, 0.3) is 10.0 Å². The monoisotopic (exact) mass is 679 g/mol. The summed E-state index contributed by atoms with van der Waals surface area (Å²) in [4.78, 5) is 30.0. The van der Waals surface area contributed by atoms with Gasteiger partial charge in [-0.05, 0) is 61.7 Å². The number of sulfonamides is 1. The molecule has 0 spiro atoms. The number of amides is 2. The van der Waals surface area contributed by atoms with Crippen molar-refractivity contribution in [3.05, 3.63) is 129 Å². The zero-order chi connectivity index (χ0) is 33.3. The van der Waals surface area contributed by atoms with E-state index in [-0.39, 0.29) is 23.8 Å². The highest BCUT2D eigenvalue weighted by molar-refractivity contribution is 7.92. The van der Waals surface area contributed by atoms with Gasteiger partial charge in [-0.1, -0.05) is 109 Å². The van der Waals surface area contributed by atoms with E-state index in [1.165, 1.54) is 17.0 Å². The molecule has 0 radical (unpaired) electrons. The summed E-state index contributed by atoms with van der Waals surface area (Å²) in [6, 6.07) is 26.8. The van der Waals surface area contributed by atoms with E-state index in [0.29, 0.717) is 33.4 Å². The molecule has 0 aromatic heterocycles. The fourth-order valence-electron chi connectivity index (χ4n) is 5.23. The van der Waals surface area contributed by atoms with E-state index in [4.69, 9.17) is 23.2 Å². The average Bonchev–Trinajstić information content (AvgIpc) is 3.04. The Hall–Kier alpha value is -3.85. The molecule has 4 aromatic rings. The fraction of sp³-hybridized carbons (Fsp3) is 0.278. The van der Waals surface area contributed by atoms with Gasteiger partial charge in [0, 0.05) is 35.1 Å². The van der Waals surface area contributed by atoms with Crippen LogP contribution in [0.4, 0.5) is 5.69 Å². The topological polar surface area (TPSA) is 86.8 Å². The first-order valence-corrected chi connectivity index (χ1v) is 17.4. The number of nitrogens with zero attached hydrogens (tertiary/aromatic N) is 2. The minimum atomic E-state index is -4.20. The average molecular weight is 681 g/mol. The number of carbonyl (C=O) groups is 2. The number of aryl methyl sites for hydroxylation is 2. The molecule has 0 saturated carbocycles. The molecule has 10 heteroatoms. The lowest BCUT2D eigenvalue weighted by Crippen LogP contribution is -2.53. The lowest BCUT2D eigenvalue weighted by Gasteiger charge is -2.34. The second kappa shape index (κ2) is 16.1. The Morgan fingerprint density at radius 1 is 0.848 bits per heavy atom. The number of nitrogens with one attached hydrogen (secondary N) is 1. The summed E-state index contributed by atoms with van der Waals surface area (Å²) < 4.78 is 29.5. The van der Waals surface area contributed by atoms with Gasteiger partial charge in [-0.15, -0.1) is 0 Å². The van der Waals surface area contributed by atoms with Crippen molar-refractivity contribution < 1.29 is 18.0 Å². The van der Waals surface area contributed by atoms with Crippen LogP contribution in [0, 0.1) is 13.8 Å². The van der Waals surface area contributed by atoms with Crippen LogP contribution >= 0.6 is 23.2 Å². The molecule has 0 heterocycles. The lowest BCUT2D eigenvalue weighted by atomic mass is 10.0.